The number of benzene rings is 1. The smallest absolute Gasteiger partial charge is 0.173 e. The molecule has 3 heterocycles. The molecule has 1 aliphatic heterocycles. The van der Waals surface area contributed by atoms with E-state index in [9.17, 15) is 5.26 Å². The number of halogens is 2. The van der Waals surface area contributed by atoms with Crippen LogP contribution in [0.2, 0.25) is 5.02 Å². The Morgan fingerprint density at radius 2 is 1.90 bits per heavy atom. The van der Waals surface area contributed by atoms with Crippen LogP contribution < -0.4 is 4.90 Å². The predicted octanol–water partition coefficient (Wildman–Crippen LogP) is 3.82. The van der Waals surface area contributed by atoms with Crippen molar-refractivity contribution < 1.29 is 4.39 Å². The second-order valence-corrected chi connectivity index (χ2v) is 8.26. The van der Waals surface area contributed by atoms with Gasteiger partial charge < -0.3 is 9.47 Å². The molecule has 9 heteroatoms. The van der Waals surface area contributed by atoms with Crippen LogP contribution in [0.15, 0.2) is 18.5 Å². The van der Waals surface area contributed by atoms with Crippen molar-refractivity contribution in [1.29, 1.82) is 5.26 Å². The van der Waals surface area contributed by atoms with Crippen LogP contribution in [-0.4, -0.2) is 37.6 Å². The van der Waals surface area contributed by atoms with E-state index in [1.54, 1.807) is 11.6 Å². The molecular formula is C21H23ClFN7. The summed E-state index contributed by atoms with van der Waals surface area (Å²) in [6, 6.07) is 5.99. The summed E-state index contributed by atoms with van der Waals surface area (Å²) < 4.78 is 18.9. The molecule has 30 heavy (non-hydrogen) atoms. The van der Waals surface area contributed by atoms with E-state index in [0.29, 0.717) is 35.2 Å². The monoisotopic (exact) mass is 427 g/mol. The molecule has 4 rings (SSSR count). The van der Waals surface area contributed by atoms with Crippen LogP contribution in [0.5, 0.6) is 0 Å². The van der Waals surface area contributed by atoms with Gasteiger partial charge in [0.1, 0.15) is 12.4 Å². The van der Waals surface area contributed by atoms with Crippen molar-refractivity contribution in [3.05, 3.63) is 46.3 Å². The molecule has 3 aromatic rings. The third-order valence-electron chi connectivity index (χ3n) is 5.97. The molecule has 0 saturated carbocycles. The minimum atomic E-state index is -1.54. The Bertz CT molecular complexity index is 1150. The summed E-state index contributed by atoms with van der Waals surface area (Å²) in [5.74, 6) is 0.339. The molecule has 1 saturated heterocycles. The van der Waals surface area contributed by atoms with Gasteiger partial charge in [0.25, 0.3) is 0 Å². The first-order valence-electron chi connectivity index (χ1n) is 9.77. The van der Waals surface area contributed by atoms with Crippen LogP contribution in [0.3, 0.4) is 0 Å². The molecule has 0 N–H and O–H groups in total. The largest absolute Gasteiger partial charge is 0.369 e. The number of rotatable bonds is 3. The fourth-order valence-electron chi connectivity index (χ4n) is 4.34. The summed E-state index contributed by atoms with van der Waals surface area (Å²) in [5, 5.41) is 22.5. The molecule has 2 aromatic heterocycles. The molecule has 0 aliphatic carbocycles. The summed E-state index contributed by atoms with van der Waals surface area (Å²) in [4.78, 5) is 1.99. The molecule has 7 nitrogen and oxygen atoms in total. The van der Waals surface area contributed by atoms with Gasteiger partial charge in [0.2, 0.25) is 0 Å². The highest BCUT2D eigenvalue weighted by atomic mass is 35.5. The first-order chi connectivity index (χ1) is 14.2. The van der Waals surface area contributed by atoms with Crippen LogP contribution in [-0.2, 0) is 19.8 Å². The summed E-state index contributed by atoms with van der Waals surface area (Å²) >= 11 is 6.66. The Hall–Kier alpha value is -2.92. The van der Waals surface area contributed by atoms with Gasteiger partial charge in [0, 0.05) is 51.3 Å². The van der Waals surface area contributed by atoms with E-state index in [2.05, 4.69) is 21.4 Å². The zero-order valence-electron chi connectivity index (χ0n) is 17.4. The van der Waals surface area contributed by atoms with E-state index in [-0.39, 0.29) is 12.8 Å². The molecule has 0 unspecified atom stereocenters. The molecule has 1 aliphatic rings. The van der Waals surface area contributed by atoms with Crippen molar-refractivity contribution in [1.82, 2.24) is 24.5 Å². The third-order valence-corrected chi connectivity index (χ3v) is 6.25. The van der Waals surface area contributed by atoms with Gasteiger partial charge in [-0.05, 0) is 31.5 Å². The van der Waals surface area contributed by atoms with Crippen molar-refractivity contribution in [2.75, 3.05) is 18.0 Å². The molecule has 0 atom stereocenters. The van der Waals surface area contributed by atoms with Gasteiger partial charge in [-0.3, -0.25) is 4.68 Å². The van der Waals surface area contributed by atoms with Crippen LogP contribution >= 0.6 is 11.6 Å². The van der Waals surface area contributed by atoms with Crippen molar-refractivity contribution in [2.24, 2.45) is 14.1 Å². The predicted molar refractivity (Wildman–Crippen MR) is 113 cm³/mol. The van der Waals surface area contributed by atoms with Gasteiger partial charge in [0.15, 0.2) is 11.5 Å². The summed E-state index contributed by atoms with van der Waals surface area (Å²) in [7, 11) is 3.63. The minimum Gasteiger partial charge on any atom is -0.369 e. The fourth-order valence-corrected chi connectivity index (χ4v) is 4.68. The number of piperidine rings is 1. The highest BCUT2D eigenvalue weighted by Gasteiger charge is 2.40. The van der Waals surface area contributed by atoms with E-state index in [1.165, 1.54) is 6.33 Å². The van der Waals surface area contributed by atoms with E-state index in [0.717, 1.165) is 22.5 Å². The molecule has 1 fully saturated rings. The summed E-state index contributed by atoms with van der Waals surface area (Å²) in [6.07, 6.45) is 2.02. The first-order valence-corrected chi connectivity index (χ1v) is 10.2. The van der Waals surface area contributed by atoms with Crippen molar-refractivity contribution in [3.63, 3.8) is 0 Å². The molecular weight excluding hydrogens is 405 g/mol. The Kier molecular flexibility index (Phi) is 5.02. The lowest BCUT2D eigenvalue weighted by Crippen LogP contribution is -2.42. The van der Waals surface area contributed by atoms with Gasteiger partial charge >= 0.3 is 0 Å². The average molecular weight is 428 g/mol. The van der Waals surface area contributed by atoms with E-state index >= 15 is 4.39 Å². The Morgan fingerprint density at radius 3 is 2.43 bits per heavy atom. The first kappa shape index (κ1) is 20.4. The van der Waals surface area contributed by atoms with Crippen LogP contribution in [0.25, 0.3) is 11.1 Å². The molecule has 0 amide bonds. The van der Waals surface area contributed by atoms with E-state index in [4.69, 9.17) is 11.6 Å². The number of hydrogen-bond acceptors (Lipinski definition) is 5. The second-order valence-electron chi connectivity index (χ2n) is 7.85. The number of aryl methyl sites for hydroxylation is 3. The van der Waals surface area contributed by atoms with Crippen LogP contribution in [0.1, 0.15) is 35.6 Å². The lowest BCUT2D eigenvalue weighted by Gasteiger charge is -2.37. The zero-order chi connectivity index (χ0) is 21.6. The number of alkyl halides is 1. The molecule has 0 bridgehead atoms. The van der Waals surface area contributed by atoms with Gasteiger partial charge in [-0.1, -0.05) is 11.6 Å². The Morgan fingerprint density at radius 1 is 1.20 bits per heavy atom. The summed E-state index contributed by atoms with van der Waals surface area (Å²) in [6.45, 7) is 4.79. The van der Waals surface area contributed by atoms with E-state index in [1.807, 2.05) is 42.6 Å². The van der Waals surface area contributed by atoms with Crippen LogP contribution in [0, 0.1) is 25.2 Å². The highest BCUT2D eigenvalue weighted by molar-refractivity contribution is 6.34. The minimum absolute atomic E-state index is 0.253. The lowest BCUT2D eigenvalue weighted by atomic mass is 9.91. The van der Waals surface area contributed by atoms with E-state index < -0.39 is 5.67 Å². The zero-order valence-corrected chi connectivity index (χ0v) is 18.2. The topological polar surface area (TPSA) is 75.6 Å². The third kappa shape index (κ3) is 3.23. The number of anilines is 1. The van der Waals surface area contributed by atoms with Gasteiger partial charge in [0.05, 0.1) is 22.0 Å². The molecule has 1 aromatic carbocycles. The standard InChI is InChI=1S/C21H23ClFN7/c1-13-18(14(2)29(4)27-13)15-9-16(11-24)19(17(22)10-15)30-7-5-21(23,6-8-30)20-26-25-12-28(20)3/h9-10,12H,5-8H2,1-4H3. The average Bonchev–Trinajstić information content (AvgIpc) is 3.25. The van der Waals surface area contributed by atoms with Gasteiger partial charge in [-0.2, -0.15) is 10.4 Å². The normalized spacial score (nSPS) is 16.0. The van der Waals surface area contributed by atoms with Gasteiger partial charge in [-0.15, -0.1) is 10.2 Å². The Labute approximate surface area is 179 Å². The maximum atomic E-state index is 15.5. The maximum absolute atomic E-state index is 15.5. The molecule has 156 valence electrons. The SMILES string of the molecule is Cc1nn(C)c(C)c1-c1cc(Cl)c(N2CCC(F)(c3nncn3C)CC2)c(C#N)c1. The highest BCUT2D eigenvalue weighted by Crippen LogP contribution is 2.41. The van der Waals surface area contributed by atoms with Crippen molar-refractivity contribution in [3.8, 4) is 17.2 Å². The van der Waals surface area contributed by atoms with Crippen molar-refractivity contribution in [2.45, 2.75) is 32.4 Å². The number of hydrogen-bond donors (Lipinski definition) is 0. The molecule has 0 radical (unpaired) electrons. The van der Waals surface area contributed by atoms with Gasteiger partial charge in [-0.25, -0.2) is 4.39 Å². The number of nitriles is 1. The fraction of sp³-hybridized carbons (Fsp3) is 0.429. The number of nitrogens with zero attached hydrogens (tertiary/aromatic N) is 7. The number of aromatic nitrogens is 5. The van der Waals surface area contributed by atoms with Crippen molar-refractivity contribution >= 4 is 17.3 Å². The van der Waals surface area contributed by atoms with Crippen LogP contribution in [0.4, 0.5) is 10.1 Å². The Balaban J connectivity index is 1.66. The maximum Gasteiger partial charge on any atom is 0.173 e. The lowest BCUT2D eigenvalue weighted by molar-refractivity contribution is 0.109. The quantitative estimate of drug-likeness (QED) is 0.635. The summed E-state index contributed by atoms with van der Waals surface area (Å²) in [5.41, 5.74) is 3.32. The second kappa shape index (κ2) is 7.40. The molecule has 0 spiro atoms.